The normalized spacial score (nSPS) is 11.9. The molecule has 0 fully saturated rings. The van der Waals surface area contributed by atoms with Crippen LogP contribution in [0.2, 0.25) is 0 Å². The van der Waals surface area contributed by atoms with E-state index in [2.05, 4.69) is 161 Å². The lowest BCUT2D eigenvalue weighted by atomic mass is 9.82. The maximum atomic E-state index is 4.78. The number of benzene rings is 7. The molecule has 0 saturated carbocycles. The van der Waals surface area contributed by atoms with Gasteiger partial charge in [-0.3, -0.25) is 9.55 Å². The van der Waals surface area contributed by atoms with Gasteiger partial charge in [0.1, 0.15) is 5.65 Å². The summed E-state index contributed by atoms with van der Waals surface area (Å²) in [5.74, 6) is 0. The highest BCUT2D eigenvalue weighted by Gasteiger charge is 2.31. The topological polar surface area (TPSA) is 30.7 Å². The Kier molecular flexibility index (Phi) is 5.96. The number of hydrogen-bond donors (Lipinski definition) is 0. The average Bonchev–Trinajstić information content (AvgIpc) is 3.72. The summed E-state index contributed by atoms with van der Waals surface area (Å²) in [5.41, 5.74) is 15.8. The van der Waals surface area contributed by atoms with Crippen LogP contribution in [0, 0.1) is 0 Å². The van der Waals surface area contributed by atoms with E-state index < -0.39 is 0 Å². The van der Waals surface area contributed by atoms with Crippen molar-refractivity contribution in [2.24, 2.45) is 0 Å². The molecule has 3 heteroatoms. The molecule has 1 aliphatic carbocycles. The second-order valence-corrected chi connectivity index (χ2v) is 13.3. The van der Waals surface area contributed by atoms with Crippen molar-refractivity contribution in [1.29, 1.82) is 0 Å². The molecule has 0 atom stereocenters. The van der Waals surface area contributed by atoms with E-state index in [1.54, 1.807) is 0 Å². The summed E-state index contributed by atoms with van der Waals surface area (Å²) in [6.45, 7) is 0. The van der Waals surface area contributed by atoms with Crippen molar-refractivity contribution < 1.29 is 0 Å². The van der Waals surface area contributed by atoms with Gasteiger partial charge in [0.15, 0.2) is 0 Å². The van der Waals surface area contributed by atoms with E-state index in [0.717, 1.165) is 27.6 Å². The Bertz CT molecular complexity index is 2850. The Morgan fingerprint density at radius 3 is 1.69 bits per heavy atom. The fourth-order valence-corrected chi connectivity index (χ4v) is 8.60. The molecule has 0 aliphatic heterocycles. The molecule has 236 valence electrons. The molecule has 1 aliphatic rings. The lowest BCUT2D eigenvalue weighted by Gasteiger charge is -2.20. The van der Waals surface area contributed by atoms with Gasteiger partial charge in [-0.05, 0) is 108 Å². The first kappa shape index (κ1) is 28.0. The second-order valence-electron chi connectivity index (χ2n) is 13.3. The molecule has 0 spiro atoms. The quantitative estimate of drug-likeness (QED) is 0.190. The third kappa shape index (κ3) is 4.00. The van der Waals surface area contributed by atoms with E-state index in [1.165, 1.54) is 77.2 Å². The molecule has 3 nitrogen and oxygen atoms in total. The Labute approximate surface area is 294 Å². The molecule has 0 unspecified atom stereocenters. The largest absolute Gasteiger partial charge is 0.294 e. The monoisotopic (exact) mass is 647 g/mol. The van der Waals surface area contributed by atoms with Gasteiger partial charge >= 0.3 is 0 Å². The molecule has 0 saturated heterocycles. The highest BCUT2D eigenvalue weighted by atomic mass is 15.0. The number of rotatable bonds is 4. The zero-order chi connectivity index (χ0) is 33.5. The molecular weight excluding hydrogens is 619 g/mol. The molecule has 51 heavy (non-hydrogen) atoms. The summed E-state index contributed by atoms with van der Waals surface area (Å²) >= 11 is 0. The van der Waals surface area contributed by atoms with E-state index in [1.807, 2.05) is 24.7 Å². The predicted molar refractivity (Wildman–Crippen MR) is 212 cm³/mol. The first-order valence-electron chi connectivity index (χ1n) is 17.4. The van der Waals surface area contributed by atoms with Crippen molar-refractivity contribution in [3.63, 3.8) is 0 Å². The van der Waals surface area contributed by atoms with E-state index >= 15 is 0 Å². The van der Waals surface area contributed by atoms with E-state index in [4.69, 9.17) is 4.98 Å². The SMILES string of the molecule is c1ccc(-c2c3c(c(-c4ccccc4)c4ccccc24)-c2ccc(-c4ccc(-n5c6ccncc6c6cccnc65)cc4)c4cccc-3c24)cc1. The van der Waals surface area contributed by atoms with Crippen LogP contribution in [-0.4, -0.2) is 14.5 Å². The molecule has 11 rings (SSSR count). The molecular formula is C48H29N3. The van der Waals surface area contributed by atoms with Gasteiger partial charge in [0, 0.05) is 35.1 Å². The van der Waals surface area contributed by atoms with Crippen molar-refractivity contribution in [2.45, 2.75) is 0 Å². The Balaban J connectivity index is 1.15. The zero-order valence-electron chi connectivity index (χ0n) is 27.6. The van der Waals surface area contributed by atoms with Crippen LogP contribution in [0.3, 0.4) is 0 Å². The maximum absolute atomic E-state index is 4.78. The molecule has 0 amide bonds. The Hall–Kier alpha value is -6.84. The van der Waals surface area contributed by atoms with Crippen LogP contribution in [0.1, 0.15) is 0 Å². The van der Waals surface area contributed by atoms with E-state index in [0.29, 0.717) is 0 Å². The molecule has 0 N–H and O–H groups in total. The second kappa shape index (κ2) is 10.8. The van der Waals surface area contributed by atoms with Crippen molar-refractivity contribution in [3.8, 4) is 61.3 Å². The van der Waals surface area contributed by atoms with Crippen LogP contribution < -0.4 is 0 Å². The predicted octanol–water partition coefficient (Wildman–Crippen LogP) is 12.5. The van der Waals surface area contributed by atoms with Gasteiger partial charge in [0.2, 0.25) is 0 Å². The summed E-state index contributed by atoms with van der Waals surface area (Å²) in [5, 5.41) is 7.34. The summed E-state index contributed by atoms with van der Waals surface area (Å²) in [6.07, 6.45) is 5.65. The number of fused-ring (bicyclic) bond motifs is 7. The molecule has 0 radical (unpaired) electrons. The van der Waals surface area contributed by atoms with Crippen LogP contribution in [-0.2, 0) is 0 Å². The Morgan fingerprint density at radius 2 is 0.980 bits per heavy atom. The fraction of sp³-hybridized carbons (Fsp3) is 0. The standard InChI is InChI=1S/C48H29N3/c1-3-11-31(12-4-1)43-36-15-7-8-16-37(36)44(32-13-5-2-6-14-32)47-40-25-24-34(35-17-9-18-39(45(35)40)46(43)47)30-20-22-33(23-21-30)51-42-26-28-49-29-41(42)38-19-10-27-50-48(38)51/h1-29H. The van der Waals surface area contributed by atoms with Gasteiger partial charge in [0.05, 0.1) is 5.52 Å². The minimum absolute atomic E-state index is 0.937. The van der Waals surface area contributed by atoms with Gasteiger partial charge in [-0.15, -0.1) is 0 Å². The first-order chi connectivity index (χ1) is 25.3. The summed E-state index contributed by atoms with van der Waals surface area (Å²) in [7, 11) is 0. The minimum Gasteiger partial charge on any atom is -0.294 e. The van der Waals surface area contributed by atoms with Gasteiger partial charge < -0.3 is 0 Å². The van der Waals surface area contributed by atoms with Crippen LogP contribution >= 0.6 is 0 Å². The van der Waals surface area contributed by atoms with Gasteiger partial charge in [-0.1, -0.05) is 127 Å². The van der Waals surface area contributed by atoms with E-state index in [-0.39, 0.29) is 0 Å². The Morgan fingerprint density at radius 1 is 0.373 bits per heavy atom. The fourth-order valence-electron chi connectivity index (χ4n) is 8.60. The lowest BCUT2D eigenvalue weighted by molar-refractivity contribution is 1.13. The highest BCUT2D eigenvalue weighted by Crippen LogP contribution is 2.58. The van der Waals surface area contributed by atoms with Crippen LogP contribution in [0.15, 0.2) is 176 Å². The summed E-state index contributed by atoms with van der Waals surface area (Å²) < 4.78 is 2.24. The molecule has 3 heterocycles. The van der Waals surface area contributed by atoms with Crippen LogP contribution in [0.4, 0.5) is 0 Å². The lowest BCUT2D eigenvalue weighted by Crippen LogP contribution is -1.95. The number of aromatic nitrogens is 3. The van der Waals surface area contributed by atoms with Crippen LogP contribution in [0.25, 0.3) is 105 Å². The molecule has 10 aromatic rings. The van der Waals surface area contributed by atoms with E-state index in [9.17, 15) is 0 Å². The minimum atomic E-state index is 0.937. The average molecular weight is 648 g/mol. The molecule has 3 aromatic heterocycles. The van der Waals surface area contributed by atoms with Crippen molar-refractivity contribution >= 4 is 43.5 Å². The smallest absolute Gasteiger partial charge is 0.145 e. The molecule has 7 aromatic carbocycles. The van der Waals surface area contributed by atoms with Crippen molar-refractivity contribution in [3.05, 3.63) is 176 Å². The van der Waals surface area contributed by atoms with Gasteiger partial charge in [-0.25, -0.2) is 4.98 Å². The zero-order valence-corrected chi connectivity index (χ0v) is 27.6. The first-order valence-corrected chi connectivity index (χ1v) is 17.4. The third-order valence-corrected chi connectivity index (χ3v) is 10.7. The number of hydrogen-bond acceptors (Lipinski definition) is 2. The van der Waals surface area contributed by atoms with Crippen molar-refractivity contribution in [1.82, 2.24) is 14.5 Å². The van der Waals surface area contributed by atoms with Gasteiger partial charge in [0.25, 0.3) is 0 Å². The summed E-state index contributed by atoms with van der Waals surface area (Å²) in [4.78, 5) is 9.18. The highest BCUT2D eigenvalue weighted by molar-refractivity contribution is 6.28. The number of nitrogens with zero attached hydrogens (tertiary/aromatic N) is 3. The van der Waals surface area contributed by atoms with Crippen LogP contribution in [0.5, 0.6) is 0 Å². The summed E-state index contributed by atoms with van der Waals surface area (Å²) in [6, 6.07) is 57.4. The van der Waals surface area contributed by atoms with Crippen molar-refractivity contribution in [2.75, 3.05) is 0 Å². The van der Waals surface area contributed by atoms with Gasteiger partial charge in [-0.2, -0.15) is 0 Å². The maximum Gasteiger partial charge on any atom is 0.145 e. The third-order valence-electron chi connectivity index (χ3n) is 10.7. The molecule has 0 bridgehead atoms. The number of pyridine rings is 2.